The molecule has 1 heterocycles. The third-order valence-electron chi connectivity index (χ3n) is 4.92. The summed E-state index contributed by atoms with van der Waals surface area (Å²) in [6, 6.07) is 2.52. The Balaban J connectivity index is 2.48. The van der Waals surface area contributed by atoms with Gasteiger partial charge in [0.1, 0.15) is 6.04 Å². The van der Waals surface area contributed by atoms with E-state index in [4.69, 9.17) is 4.42 Å². The Kier molecular flexibility index (Phi) is 6.74. The quantitative estimate of drug-likeness (QED) is 0.738. The average molecular weight is 418 g/mol. The number of carbonyl (C=O) groups is 2. The molecule has 0 saturated heterocycles. The number of hydrogen-bond donors (Lipinski definition) is 2. The molecule has 0 aliphatic carbocycles. The summed E-state index contributed by atoms with van der Waals surface area (Å²) in [4.78, 5) is 44.2. The van der Waals surface area contributed by atoms with E-state index in [2.05, 4.69) is 10.3 Å². The van der Waals surface area contributed by atoms with Crippen LogP contribution in [0.4, 0.5) is 16.5 Å². The Hall–Kier alpha value is -3.10. The monoisotopic (exact) mass is 418 g/mol. The zero-order valence-electron chi connectivity index (χ0n) is 18.6. The van der Waals surface area contributed by atoms with Crippen molar-refractivity contribution in [2.24, 2.45) is 0 Å². The first-order chi connectivity index (χ1) is 13.9. The molecule has 0 unspecified atom stereocenters. The Morgan fingerprint density at radius 3 is 2.33 bits per heavy atom. The van der Waals surface area contributed by atoms with Gasteiger partial charge in [0.25, 0.3) is 6.01 Å². The number of likely N-dealkylation sites (N-methyl/N-ethyl adjacent to an activating group) is 1. The first-order valence-electron chi connectivity index (χ1n) is 9.95. The molecule has 0 saturated carbocycles. The van der Waals surface area contributed by atoms with Gasteiger partial charge in [-0.05, 0) is 66.2 Å². The lowest BCUT2D eigenvalue weighted by molar-refractivity contribution is -0.131. The molecule has 0 fully saturated rings. The number of aromatic nitrogens is 1. The van der Waals surface area contributed by atoms with Crippen LogP contribution in [-0.2, 0) is 4.79 Å². The maximum Gasteiger partial charge on any atom is 0.412 e. The number of aryl methyl sites for hydroxylation is 1. The van der Waals surface area contributed by atoms with Gasteiger partial charge >= 0.3 is 11.7 Å². The number of rotatable bonds is 6. The van der Waals surface area contributed by atoms with Crippen molar-refractivity contribution >= 4 is 34.6 Å². The van der Waals surface area contributed by atoms with E-state index in [1.54, 1.807) is 51.7 Å². The molecule has 0 bridgehead atoms. The molecular formula is C21H30N4O5. The largest absolute Gasteiger partial charge is 0.465 e. The summed E-state index contributed by atoms with van der Waals surface area (Å²) >= 11 is 0. The van der Waals surface area contributed by atoms with Crippen LogP contribution in [0.3, 0.4) is 0 Å². The SMILES string of the molecule is CCN(CC)C(=O)[C@H](C)Nc1nc2ccc(N(C(=O)O)C(C)(C)C)c(C)c2c(=O)o1. The summed E-state index contributed by atoms with van der Waals surface area (Å²) in [5, 5.41) is 12.7. The second-order valence-electron chi connectivity index (χ2n) is 8.08. The molecule has 2 amide bonds. The Bertz CT molecular complexity index is 1000. The second-order valence-corrected chi connectivity index (χ2v) is 8.08. The summed E-state index contributed by atoms with van der Waals surface area (Å²) in [5.74, 6) is -0.127. The van der Waals surface area contributed by atoms with Crippen LogP contribution in [0.2, 0.25) is 0 Å². The molecular weight excluding hydrogens is 388 g/mol. The van der Waals surface area contributed by atoms with Crippen LogP contribution in [0, 0.1) is 6.92 Å². The molecule has 1 aromatic heterocycles. The predicted octanol–water partition coefficient (Wildman–Crippen LogP) is 3.45. The van der Waals surface area contributed by atoms with Crippen LogP contribution in [0.25, 0.3) is 10.9 Å². The lowest BCUT2D eigenvalue weighted by Gasteiger charge is -2.34. The van der Waals surface area contributed by atoms with Crippen molar-refractivity contribution in [3.8, 4) is 0 Å². The minimum absolute atomic E-state index is 0.0569. The number of amides is 2. The number of anilines is 2. The van der Waals surface area contributed by atoms with Gasteiger partial charge in [-0.3, -0.25) is 9.69 Å². The molecule has 0 spiro atoms. The van der Waals surface area contributed by atoms with Gasteiger partial charge in [-0.1, -0.05) is 0 Å². The van der Waals surface area contributed by atoms with Crippen molar-refractivity contribution in [2.45, 2.75) is 60.0 Å². The van der Waals surface area contributed by atoms with E-state index >= 15 is 0 Å². The number of hydrogen-bond acceptors (Lipinski definition) is 6. The number of carboxylic acid groups (broad SMARTS) is 1. The standard InChI is InChI=1S/C21H30N4O5/c1-8-24(9-2)17(26)13(4)22-19-23-14-10-11-15(12(3)16(14)18(27)30-19)25(20(28)29)21(5,6)7/h10-11,13H,8-9H2,1-7H3,(H,22,23)(H,28,29)/t13-/m0/s1. The fourth-order valence-electron chi connectivity index (χ4n) is 3.42. The van der Waals surface area contributed by atoms with Gasteiger partial charge in [0.15, 0.2) is 0 Å². The molecule has 0 aliphatic rings. The molecule has 164 valence electrons. The smallest absolute Gasteiger partial charge is 0.412 e. The number of fused-ring (bicyclic) bond motifs is 1. The third kappa shape index (κ3) is 4.55. The lowest BCUT2D eigenvalue weighted by Crippen LogP contribution is -2.45. The van der Waals surface area contributed by atoms with Crippen LogP contribution in [0.5, 0.6) is 0 Å². The Labute approximate surface area is 175 Å². The van der Waals surface area contributed by atoms with Crippen molar-refractivity contribution < 1.29 is 19.1 Å². The summed E-state index contributed by atoms with van der Waals surface area (Å²) in [6.07, 6.45) is -1.12. The molecule has 1 aromatic carbocycles. The number of nitrogens with zero attached hydrogens (tertiary/aromatic N) is 3. The normalized spacial score (nSPS) is 12.5. The number of carbonyl (C=O) groups excluding carboxylic acids is 1. The zero-order chi connectivity index (χ0) is 22.8. The van der Waals surface area contributed by atoms with Crippen molar-refractivity contribution in [2.75, 3.05) is 23.3 Å². The summed E-state index contributed by atoms with van der Waals surface area (Å²) < 4.78 is 5.31. The van der Waals surface area contributed by atoms with E-state index in [1.165, 1.54) is 4.90 Å². The van der Waals surface area contributed by atoms with Crippen LogP contribution in [0.15, 0.2) is 21.3 Å². The maximum absolute atomic E-state index is 12.7. The second kappa shape index (κ2) is 8.73. The maximum atomic E-state index is 12.7. The fourth-order valence-corrected chi connectivity index (χ4v) is 3.42. The summed E-state index contributed by atoms with van der Waals surface area (Å²) in [6.45, 7) is 13.6. The summed E-state index contributed by atoms with van der Waals surface area (Å²) in [5.41, 5.74) is -0.146. The van der Waals surface area contributed by atoms with Gasteiger partial charge in [-0.2, -0.15) is 4.98 Å². The topological polar surface area (TPSA) is 116 Å². The van der Waals surface area contributed by atoms with Crippen molar-refractivity contribution in [1.82, 2.24) is 9.88 Å². The van der Waals surface area contributed by atoms with Crippen molar-refractivity contribution in [3.05, 3.63) is 28.1 Å². The summed E-state index contributed by atoms with van der Waals surface area (Å²) in [7, 11) is 0. The van der Waals surface area contributed by atoms with Gasteiger partial charge in [-0.25, -0.2) is 9.59 Å². The van der Waals surface area contributed by atoms with Gasteiger partial charge in [0, 0.05) is 18.6 Å². The van der Waals surface area contributed by atoms with E-state index in [9.17, 15) is 19.5 Å². The Morgan fingerprint density at radius 1 is 1.23 bits per heavy atom. The minimum Gasteiger partial charge on any atom is -0.465 e. The molecule has 2 N–H and O–H groups in total. The number of nitrogens with one attached hydrogen (secondary N) is 1. The van der Waals surface area contributed by atoms with Crippen molar-refractivity contribution in [1.29, 1.82) is 0 Å². The highest BCUT2D eigenvalue weighted by Gasteiger charge is 2.30. The first kappa shape index (κ1) is 23.2. The molecule has 9 nitrogen and oxygen atoms in total. The van der Waals surface area contributed by atoms with Gasteiger partial charge in [0.05, 0.1) is 16.6 Å². The highest BCUT2D eigenvalue weighted by Crippen LogP contribution is 2.31. The third-order valence-corrected chi connectivity index (χ3v) is 4.92. The predicted molar refractivity (Wildman–Crippen MR) is 116 cm³/mol. The van der Waals surface area contributed by atoms with E-state index in [-0.39, 0.29) is 17.3 Å². The van der Waals surface area contributed by atoms with E-state index in [0.29, 0.717) is 29.9 Å². The van der Waals surface area contributed by atoms with Gasteiger partial charge in [0.2, 0.25) is 5.91 Å². The average Bonchev–Trinajstić information content (AvgIpc) is 2.63. The highest BCUT2D eigenvalue weighted by molar-refractivity contribution is 5.94. The zero-order valence-corrected chi connectivity index (χ0v) is 18.6. The van der Waals surface area contributed by atoms with Crippen LogP contribution in [-0.4, -0.2) is 51.7 Å². The van der Waals surface area contributed by atoms with Crippen LogP contribution < -0.4 is 15.8 Å². The van der Waals surface area contributed by atoms with Crippen molar-refractivity contribution in [3.63, 3.8) is 0 Å². The van der Waals surface area contributed by atoms with E-state index < -0.39 is 23.3 Å². The minimum atomic E-state index is -1.12. The lowest BCUT2D eigenvalue weighted by atomic mass is 10.0. The van der Waals surface area contributed by atoms with Crippen LogP contribution >= 0.6 is 0 Å². The van der Waals surface area contributed by atoms with Crippen LogP contribution in [0.1, 0.15) is 47.1 Å². The highest BCUT2D eigenvalue weighted by atomic mass is 16.4. The molecule has 0 aliphatic heterocycles. The molecule has 0 radical (unpaired) electrons. The fraction of sp³-hybridized carbons (Fsp3) is 0.524. The molecule has 2 aromatic rings. The number of benzene rings is 1. The first-order valence-corrected chi connectivity index (χ1v) is 9.95. The van der Waals surface area contributed by atoms with E-state index in [1.807, 2.05) is 13.8 Å². The molecule has 9 heteroatoms. The van der Waals surface area contributed by atoms with Gasteiger partial charge < -0.3 is 19.7 Å². The van der Waals surface area contributed by atoms with E-state index in [0.717, 1.165) is 0 Å². The molecule has 2 rings (SSSR count). The molecule has 1 atom stereocenters. The molecule has 30 heavy (non-hydrogen) atoms. The Morgan fingerprint density at radius 2 is 1.83 bits per heavy atom. The van der Waals surface area contributed by atoms with Gasteiger partial charge in [-0.15, -0.1) is 0 Å².